The Morgan fingerprint density at radius 2 is 2.04 bits per heavy atom. The highest BCUT2D eigenvalue weighted by Crippen LogP contribution is 2.25. The third-order valence-electron chi connectivity index (χ3n) is 2.82. The zero-order valence-corrected chi connectivity index (χ0v) is 15.4. The fourth-order valence-corrected chi connectivity index (χ4v) is 2.76. The fraction of sp³-hybridized carbons (Fsp3) is 0.125. The zero-order valence-electron chi connectivity index (χ0n) is 12.2. The lowest BCUT2D eigenvalue weighted by atomic mass is 10.2. The number of hydrogen-bond acceptors (Lipinski definition) is 3. The number of carbonyl (C=O) groups is 1. The summed E-state index contributed by atoms with van der Waals surface area (Å²) in [6.45, 7) is 1.83. The normalized spacial score (nSPS) is 10.0. The van der Waals surface area contributed by atoms with Crippen molar-refractivity contribution >= 4 is 56.5 Å². The Kier molecular flexibility index (Phi) is 6.38. The lowest BCUT2D eigenvalue weighted by molar-refractivity contribution is -0.121. The van der Waals surface area contributed by atoms with Crippen molar-refractivity contribution in [2.45, 2.75) is 6.92 Å². The van der Waals surface area contributed by atoms with E-state index in [1.165, 1.54) is 0 Å². The van der Waals surface area contributed by atoms with E-state index in [1.54, 1.807) is 18.2 Å². The van der Waals surface area contributed by atoms with Crippen LogP contribution >= 0.6 is 39.7 Å². The highest BCUT2D eigenvalue weighted by Gasteiger charge is 2.09. The lowest BCUT2D eigenvalue weighted by Crippen LogP contribution is -2.37. The third-order valence-corrected chi connectivity index (χ3v) is 3.97. The molecular formula is C16H14BrClN2O2S. The second kappa shape index (κ2) is 8.29. The monoisotopic (exact) mass is 412 g/mol. The van der Waals surface area contributed by atoms with E-state index in [9.17, 15) is 4.79 Å². The van der Waals surface area contributed by atoms with Gasteiger partial charge in [-0.2, -0.15) is 0 Å². The average molecular weight is 414 g/mol. The number of carbonyl (C=O) groups excluding carboxylic acids is 1. The molecule has 1 amide bonds. The van der Waals surface area contributed by atoms with E-state index in [-0.39, 0.29) is 17.6 Å². The fourth-order valence-electron chi connectivity index (χ4n) is 1.75. The summed E-state index contributed by atoms with van der Waals surface area (Å²) in [7, 11) is 0. The number of amides is 1. The summed E-state index contributed by atoms with van der Waals surface area (Å²) in [5.74, 6) is 0.234. The number of para-hydroxylation sites is 1. The number of benzene rings is 2. The summed E-state index contributed by atoms with van der Waals surface area (Å²) in [4.78, 5) is 11.9. The predicted molar refractivity (Wildman–Crippen MR) is 100 cm³/mol. The predicted octanol–water partition coefficient (Wildman–Crippen LogP) is 4.30. The molecule has 0 saturated heterocycles. The summed E-state index contributed by atoms with van der Waals surface area (Å²) in [5.41, 5.74) is 1.72. The van der Waals surface area contributed by atoms with Crippen molar-refractivity contribution in [3.05, 3.63) is 57.5 Å². The number of thiocarbonyl (C=S) groups is 1. The van der Waals surface area contributed by atoms with E-state index in [0.29, 0.717) is 16.5 Å². The molecule has 0 atom stereocenters. The number of rotatable bonds is 4. The molecule has 0 fully saturated rings. The molecule has 0 heterocycles. The highest BCUT2D eigenvalue weighted by atomic mass is 79.9. The van der Waals surface area contributed by atoms with Crippen LogP contribution in [0.3, 0.4) is 0 Å². The molecule has 0 aliphatic carbocycles. The van der Waals surface area contributed by atoms with Gasteiger partial charge in [0.25, 0.3) is 5.91 Å². The number of anilines is 1. The average Bonchev–Trinajstić information content (AvgIpc) is 2.48. The van der Waals surface area contributed by atoms with Crippen LogP contribution in [0, 0.1) is 6.92 Å². The van der Waals surface area contributed by atoms with Gasteiger partial charge in [0.1, 0.15) is 5.75 Å². The lowest BCUT2D eigenvalue weighted by Gasteiger charge is -2.12. The minimum absolute atomic E-state index is 0.147. The van der Waals surface area contributed by atoms with Crippen molar-refractivity contribution in [3.63, 3.8) is 0 Å². The Bertz CT molecular complexity index is 740. The van der Waals surface area contributed by atoms with Gasteiger partial charge in [-0.15, -0.1) is 0 Å². The Labute approximate surface area is 153 Å². The van der Waals surface area contributed by atoms with Crippen LogP contribution in [0.1, 0.15) is 5.56 Å². The van der Waals surface area contributed by atoms with Crippen LogP contribution in [0.4, 0.5) is 5.69 Å². The number of ether oxygens (including phenoxy) is 1. The summed E-state index contributed by atoms with van der Waals surface area (Å²) in [5, 5.41) is 6.08. The van der Waals surface area contributed by atoms with Crippen molar-refractivity contribution < 1.29 is 9.53 Å². The minimum atomic E-state index is -0.359. The van der Waals surface area contributed by atoms with Gasteiger partial charge in [-0.05, 0) is 64.9 Å². The molecule has 0 radical (unpaired) electrons. The van der Waals surface area contributed by atoms with E-state index >= 15 is 0 Å². The molecule has 2 aromatic carbocycles. The first-order valence-corrected chi connectivity index (χ1v) is 8.28. The van der Waals surface area contributed by atoms with E-state index in [1.807, 2.05) is 31.2 Å². The van der Waals surface area contributed by atoms with Crippen molar-refractivity contribution in [1.29, 1.82) is 0 Å². The molecule has 0 saturated carbocycles. The SMILES string of the molecule is Cc1ccc(OCC(=O)NC(=S)Nc2ccccc2Cl)c(Br)c1. The number of aryl methyl sites for hydroxylation is 1. The molecule has 0 aliphatic rings. The Morgan fingerprint density at radius 3 is 2.74 bits per heavy atom. The maximum Gasteiger partial charge on any atom is 0.264 e. The van der Waals surface area contributed by atoms with Gasteiger partial charge >= 0.3 is 0 Å². The Balaban J connectivity index is 1.85. The van der Waals surface area contributed by atoms with Crippen molar-refractivity contribution in [1.82, 2.24) is 5.32 Å². The first-order chi connectivity index (χ1) is 11.0. The molecule has 120 valence electrons. The second-order valence-electron chi connectivity index (χ2n) is 4.70. The van der Waals surface area contributed by atoms with E-state index in [4.69, 9.17) is 28.6 Å². The second-order valence-corrected chi connectivity index (χ2v) is 6.37. The molecule has 0 bridgehead atoms. The van der Waals surface area contributed by atoms with Gasteiger partial charge in [0, 0.05) is 0 Å². The minimum Gasteiger partial charge on any atom is -0.483 e. The Hall–Kier alpha value is -1.63. The van der Waals surface area contributed by atoms with Gasteiger partial charge in [0.15, 0.2) is 11.7 Å². The standard InChI is InChI=1S/C16H14BrClN2O2S/c1-10-6-7-14(11(17)8-10)22-9-15(21)20-16(23)19-13-5-3-2-4-12(13)18/h2-8H,9H2,1H3,(H2,19,20,21,23). The highest BCUT2D eigenvalue weighted by molar-refractivity contribution is 9.10. The molecule has 7 heteroatoms. The zero-order chi connectivity index (χ0) is 16.8. The van der Waals surface area contributed by atoms with Crippen molar-refractivity contribution in [3.8, 4) is 5.75 Å². The van der Waals surface area contributed by atoms with Gasteiger partial charge in [0.05, 0.1) is 15.2 Å². The van der Waals surface area contributed by atoms with E-state index in [2.05, 4.69) is 26.6 Å². The number of hydrogen-bond donors (Lipinski definition) is 2. The van der Waals surface area contributed by atoms with Gasteiger partial charge in [-0.3, -0.25) is 10.1 Å². The summed E-state index contributed by atoms with van der Waals surface area (Å²) >= 11 is 14.5. The van der Waals surface area contributed by atoms with Crippen LogP contribution in [0.25, 0.3) is 0 Å². The van der Waals surface area contributed by atoms with Gasteiger partial charge in [0.2, 0.25) is 0 Å². The largest absolute Gasteiger partial charge is 0.483 e. The summed E-state index contributed by atoms with van der Waals surface area (Å²) in [6.07, 6.45) is 0. The summed E-state index contributed by atoms with van der Waals surface area (Å²) < 4.78 is 6.25. The molecule has 2 aromatic rings. The molecular weight excluding hydrogens is 400 g/mol. The van der Waals surface area contributed by atoms with Gasteiger partial charge < -0.3 is 10.1 Å². The molecule has 2 N–H and O–H groups in total. The van der Waals surface area contributed by atoms with Gasteiger partial charge in [-0.25, -0.2) is 0 Å². The molecule has 23 heavy (non-hydrogen) atoms. The topological polar surface area (TPSA) is 50.4 Å². The molecule has 0 unspecified atom stereocenters. The maximum atomic E-state index is 11.9. The third kappa shape index (κ3) is 5.49. The van der Waals surface area contributed by atoms with Crippen LogP contribution in [0.5, 0.6) is 5.75 Å². The molecule has 0 spiro atoms. The van der Waals surface area contributed by atoms with Gasteiger partial charge in [-0.1, -0.05) is 29.8 Å². The van der Waals surface area contributed by atoms with Crippen LogP contribution < -0.4 is 15.4 Å². The molecule has 4 nitrogen and oxygen atoms in total. The molecule has 2 rings (SSSR count). The smallest absolute Gasteiger partial charge is 0.264 e. The van der Waals surface area contributed by atoms with E-state index < -0.39 is 0 Å². The van der Waals surface area contributed by atoms with E-state index in [0.717, 1.165) is 10.0 Å². The van der Waals surface area contributed by atoms with Crippen LogP contribution in [0.15, 0.2) is 46.9 Å². The molecule has 0 aromatic heterocycles. The van der Waals surface area contributed by atoms with Crippen LogP contribution in [-0.2, 0) is 4.79 Å². The Morgan fingerprint density at radius 1 is 1.30 bits per heavy atom. The number of nitrogens with one attached hydrogen (secondary N) is 2. The quantitative estimate of drug-likeness (QED) is 0.734. The number of halogens is 2. The first-order valence-electron chi connectivity index (χ1n) is 6.70. The first kappa shape index (κ1) is 17.7. The van der Waals surface area contributed by atoms with Crippen LogP contribution in [0.2, 0.25) is 5.02 Å². The maximum absolute atomic E-state index is 11.9. The van der Waals surface area contributed by atoms with Crippen molar-refractivity contribution in [2.24, 2.45) is 0 Å². The summed E-state index contributed by atoms with van der Waals surface area (Å²) in [6, 6.07) is 12.7. The molecule has 0 aliphatic heterocycles. The van der Waals surface area contributed by atoms with Crippen molar-refractivity contribution in [2.75, 3.05) is 11.9 Å². The van der Waals surface area contributed by atoms with Crippen LogP contribution in [-0.4, -0.2) is 17.6 Å².